The highest BCUT2D eigenvalue weighted by Crippen LogP contribution is 2.39. The number of aryl methyl sites for hydroxylation is 1. The van der Waals surface area contributed by atoms with Crippen LogP contribution in [0.15, 0.2) is 35.7 Å². The predicted octanol–water partition coefficient (Wildman–Crippen LogP) is 6.24. The second kappa shape index (κ2) is 20.0. The fourth-order valence-corrected chi connectivity index (χ4v) is 8.89. The molecule has 310 valence electrons. The summed E-state index contributed by atoms with van der Waals surface area (Å²) in [7, 11) is 0. The van der Waals surface area contributed by atoms with Crippen LogP contribution >= 0.6 is 11.3 Å². The minimum atomic E-state index is -0.386. The lowest BCUT2D eigenvalue weighted by atomic mass is 9.89. The summed E-state index contributed by atoms with van der Waals surface area (Å²) >= 11 is 1.55. The number of piperidine rings is 1. The Morgan fingerprint density at radius 1 is 1.07 bits per heavy atom. The largest absolute Gasteiger partial charge is 0.506 e. The molecule has 0 saturated carbocycles. The number of aromatic hydroxyl groups is 1. The minimum absolute atomic E-state index is 0.00904. The molecule has 2 N–H and O–H groups in total. The monoisotopic (exact) mass is 807 g/mol. The van der Waals surface area contributed by atoms with E-state index in [1.807, 2.05) is 40.3 Å². The second-order valence-electron chi connectivity index (χ2n) is 15.8. The summed E-state index contributed by atoms with van der Waals surface area (Å²) in [6, 6.07) is 8.93. The maximum absolute atomic E-state index is 15.7. The number of amides is 3. The lowest BCUT2D eigenvalue weighted by Gasteiger charge is -2.47. The molecule has 2 saturated heterocycles. The highest BCUT2D eigenvalue weighted by atomic mass is 32.1. The number of halogens is 1. The van der Waals surface area contributed by atoms with Gasteiger partial charge in [-0.05, 0) is 68.6 Å². The molecule has 0 aliphatic carbocycles. The summed E-state index contributed by atoms with van der Waals surface area (Å²) in [4.78, 5) is 48.5. The van der Waals surface area contributed by atoms with Crippen LogP contribution in [0.1, 0.15) is 91.5 Å². The van der Waals surface area contributed by atoms with Crippen LogP contribution in [-0.2, 0) is 44.9 Å². The molecule has 1 spiro atoms. The number of ether oxygens (including phenoxy) is 3. The topological polar surface area (TPSA) is 134 Å². The van der Waals surface area contributed by atoms with E-state index < -0.39 is 0 Å². The molecule has 0 radical (unpaired) electrons. The molecule has 3 aliphatic heterocycles. The van der Waals surface area contributed by atoms with Gasteiger partial charge in [0.2, 0.25) is 5.91 Å². The van der Waals surface area contributed by atoms with Gasteiger partial charge < -0.3 is 34.4 Å². The summed E-state index contributed by atoms with van der Waals surface area (Å²) in [6.07, 6.45) is 6.50. The Kier molecular flexibility index (Phi) is 14.9. The van der Waals surface area contributed by atoms with Crippen LogP contribution in [0, 0.1) is 11.7 Å². The molecule has 6 rings (SSSR count). The third-order valence-electron chi connectivity index (χ3n) is 11.1. The van der Waals surface area contributed by atoms with Crippen molar-refractivity contribution in [1.29, 1.82) is 0 Å². The van der Waals surface area contributed by atoms with Gasteiger partial charge in [0.15, 0.2) is 12.4 Å². The number of hydrogen-bond donors (Lipinski definition) is 2. The maximum Gasteiger partial charge on any atom is 0.273 e. The zero-order valence-corrected chi connectivity index (χ0v) is 34.5. The highest BCUT2D eigenvalue weighted by Gasteiger charge is 2.41. The number of nitrogens with zero attached hydrogens (tertiary/aromatic N) is 4. The van der Waals surface area contributed by atoms with Crippen molar-refractivity contribution in [3.8, 4) is 11.5 Å². The molecule has 2 aromatic carbocycles. The Labute approximate surface area is 339 Å². The zero-order chi connectivity index (χ0) is 40.4. The van der Waals surface area contributed by atoms with E-state index >= 15 is 4.39 Å². The number of morpholine rings is 1. The summed E-state index contributed by atoms with van der Waals surface area (Å²) in [5, 5.41) is 15.6. The molecule has 57 heavy (non-hydrogen) atoms. The zero-order valence-electron chi connectivity index (χ0n) is 33.7. The molecule has 0 atom stereocenters. The standard InChI is InChI=1S/C43H58FN5O7S/c1-4-48(18-7-5-6-9-32-12-13-35(50)40-41(32)55-27-36(51)46-40)38(52)15-23-54-22-14-31-10-8-11-33(39(31)44)26-47-19-16-43(17-20-47)29-49(21-24-56-43)42(53)34-28-57-37(45-34)25-30(2)3/h8,10-13,28,30,50H,4-7,9,14-27,29H2,1-3H3,(H,46,51). The van der Waals surface area contributed by atoms with Crippen LogP contribution in [0.2, 0.25) is 0 Å². The molecular weight excluding hydrogens is 750 g/mol. The number of rotatable bonds is 18. The first-order valence-electron chi connectivity index (χ1n) is 20.5. The number of phenols is 1. The number of thiazole rings is 1. The number of unbranched alkanes of at least 4 members (excludes halogenated alkanes) is 2. The van der Waals surface area contributed by atoms with E-state index in [0.29, 0.717) is 86.5 Å². The molecule has 12 nitrogen and oxygen atoms in total. The van der Waals surface area contributed by atoms with Crippen LogP contribution in [0.3, 0.4) is 0 Å². The quantitative estimate of drug-likeness (QED) is 0.113. The Morgan fingerprint density at radius 3 is 2.67 bits per heavy atom. The number of nitrogens with one attached hydrogen (secondary N) is 1. The van der Waals surface area contributed by atoms with E-state index in [-0.39, 0.29) is 54.5 Å². The minimum Gasteiger partial charge on any atom is -0.506 e. The molecule has 3 aliphatic rings. The predicted molar refractivity (Wildman–Crippen MR) is 217 cm³/mol. The van der Waals surface area contributed by atoms with E-state index in [4.69, 9.17) is 14.2 Å². The Hall–Kier alpha value is -4.11. The van der Waals surface area contributed by atoms with E-state index in [9.17, 15) is 19.5 Å². The normalized spacial score (nSPS) is 16.7. The SMILES string of the molecule is CCN(CCCCCc1ccc(O)c2c1OCC(=O)N2)C(=O)CCOCCc1cccc(CN2CCC3(CC2)CN(C(=O)c2csc(CC(C)C)n2)CCO3)c1F. The lowest BCUT2D eigenvalue weighted by molar-refractivity contribution is -0.132. The molecule has 0 unspecified atom stereocenters. The number of phenolic OH excluding ortho intramolecular Hbond substituents is 1. The number of fused-ring (bicyclic) bond motifs is 1. The molecule has 3 amide bonds. The fraction of sp³-hybridized carbons (Fsp3) is 0.581. The number of likely N-dealkylation sites (tertiary alicyclic amines) is 1. The third-order valence-corrected chi connectivity index (χ3v) is 12.0. The summed E-state index contributed by atoms with van der Waals surface area (Å²) in [5.74, 6) is 0.539. The van der Waals surface area contributed by atoms with Crippen LogP contribution in [-0.4, -0.2) is 114 Å². The van der Waals surface area contributed by atoms with Crippen LogP contribution in [0.4, 0.5) is 10.1 Å². The highest BCUT2D eigenvalue weighted by molar-refractivity contribution is 7.09. The average molecular weight is 808 g/mol. The van der Waals surface area contributed by atoms with Gasteiger partial charge in [0.05, 0.1) is 43.4 Å². The van der Waals surface area contributed by atoms with Gasteiger partial charge in [-0.3, -0.25) is 19.3 Å². The summed E-state index contributed by atoms with van der Waals surface area (Å²) < 4.78 is 33.4. The first kappa shape index (κ1) is 42.5. The van der Waals surface area contributed by atoms with Gasteiger partial charge >= 0.3 is 0 Å². The van der Waals surface area contributed by atoms with E-state index in [0.717, 1.165) is 68.6 Å². The summed E-state index contributed by atoms with van der Waals surface area (Å²) in [6.45, 7) is 11.7. The van der Waals surface area contributed by atoms with Gasteiger partial charge in [0.1, 0.15) is 22.9 Å². The number of carbonyl (C=O) groups is 3. The molecule has 1 aromatic heterocycles. The van der Waals surface area contributed by atoms with Crippen molar-refractivity contribution < 1.29 is 38.1 Å². The molecule has 3 aromatic rings. The smallest absolute Gasteiger partial charge is 0.273 e. The number of anilines is 1. The van der Waals surface area contributed by atoms with Gasteiger partial charge in [-0.15, -0.1) is 11.3 Å². The van der Waals surface area contributed by atoms with Crippen LogP contribution < -0.4 is 10.1 Å². The number of aromatic nitrogens is 1. The van der Waals surface area contributed by atoms with E-state index in [2.05, 4.69) is 29.0 Å². The van der Waals surface area contributed by atoms with Crippen molar-refractivity contribution in [2.45, 2.75) is 90.7 Å². The maximum atomic E-state index is 15.7. The van der Waals surface area contributed by atoms with Gasteiger partial charge in [0.25, 0.3) is 11.8 Å². The molecule has 2 fully saturated rings. The number of carbonyl (C=O) groups excluding carboxylic acids is 3. The van der Waals surface area contributed by atoms with Crippen molar-refractivity contribution in [2.24, 2.45) is 5.92 Å². The average Bonchev–Trinajstić information content (AvgIpc) is 3.66. The molecule has 14 heteroatoms. The first-order valence-corrected chi connectivity index (χ1v) is 21.4. The molecular formula is C43H58FN5O7S. The van der Waals surface area contributed by atoms with Gasteiger partial charge in [-0.2, -0.15) is 0 Å². The Bertz CT molecular complexity index is 1850. The Morgan fingerprint density at radius 2 is 1.88 bits per heavy atom. The lowest BCUT2D eigenvalue weighted by Crippen LogP contribution is -2.58. The van der Waals surface area contributed by atoms with Crippen LogP contribution in [0.25, 0.3) is 0 Å². The van der Waals surface area contributed by atoms with Crippen molar-refractivity contribution in [2.75, 3.05) is 71.0 Å². The first-order chi connectivity index (χ1) is 27.5. The van der Waals surface area contributed by atoms with Crippen molar-refractivity contribution in [1.82, 2.24) is 19.7 Å². The van der Waals surface area contributed by atoms with Crippen LogP contribution in [0.5, 0.6) is 11.5 Å². The fourth-order valence-electron chi connectivity index (χ4n) is 7.91. The number of hydrogen-bond acceptors (Lipinski definition) is 10. The van der Waals surface area contributed by atoms with E-state index in [1.165, 1.54) is 0 Å². The van der Waals surface area contributed by atoms with Gasteiger partial charge in [-0.25, -0.2) is 9.37 Å². The third kappa shape index (κ3) is 11.3. The second-order valence-corrected chi connectivity index (χ2v) is 16.8. The van der Waals surface area contributed by atoms with Gasteiger partial charge in [0, 0.05) is 56.6 Å². The Balaban J connectivity index is 0.872. The van der Waals surface area contributed by atoms with Crippen molar-refractivity contribution in [3.05, 3.63) is 68.9 Å². The molecule has 0 bridgehead atoms. The summed E-state index contributed by atoms with van der Waals surface area (Å²) in [5.41, 5.74) is 2.67. The number of benzene rings is 2. The van der Waals surface area contributed by atoms with Crippen molar-refractivity contribution >= 4 is 34.7 Å². The van der Waals surface area contributed by atoms with Crippen molar-refractivity contribution in [3.63, 3.8) is 0 Å². The molecule has 4 heterocycles. The van der Waals surface area contributed by atoms with Gasteiger partial charge in [-0.1, -0.05) is 44.5 Å². The van der Waals surface area contributed by atoms with E-state index in [1.54, 1.807) is 23.5 Å².